The molecule has 1 aliphatic rings. The molecule has 0 bridgehead atoms. The minimum absolute atomic E-state index is 0.102. The first-order chi connectivity index (χ1) is 10.1. The minimum Gasteiger partial charge on any atom is -0.354 e. The smallest absolute Gasteiger partial charge is 0.223 e. The van der Waals surface area contributed by atoms with Gasteiger partial charge in [-0.3, -0.25) is 4.79 Å². The molecule has 3 heteroatoms. The van der Waals surface area contributed by atoms with Crippen LogP contribution in [0.1, 0.15) is 78.6 Å². The third-order valence-corrected chi connectivity index (χ3v) is 5.35. The first-order valence-corrected chi connectivity index (χ1v) is 9.15. The number of hydrogen-bond donors (Lipinski definition) is 2. The van der Waals surface area contributed by atoms with Crippen molar-refractivity contribution < 1.29 is 4.79 Å². The van der Waals surface area contributed by atoms with Crippen molar-refractivity contribution in [3.63, 3.8) is 0 Å². The van der Waals surface area contributed by atoms with E-state index in [1.807, 2.05) is 0 Å². The Morgan fingerprint density at radius 1 is 1.14 bits per heavy atom. The van der Waals surface area contributed by atoms with Crippen LogP contribution in [-0.2, 0) is 4.79 Å². The lowest BCUT2D eigenvalue weighted by atomic mass is 9.79. The molecule has 21 heavy (non-hydrogen) atoms. The maximum Gasteiger partial charge on any atom is 0.223 e. The van der Waals surface area contributed by atoms with Crippen molar-refractivity contribution in [3.05, 3.63) is 0 Å². The average molecular weight is 296 g/mol. The van der Waals surface area contributed by atoms with Gasteiger partial charge in [0, 0.05) is 18.5 Å². The van der Waals surface area contributed by atoms with Crippen LogP contribution in [-0.4, -0.2) is 18.5 Å². The number of hydrogen-bond acceptors (Lipinski definition) is 2. The Hall–Kier alpha value is -0.570. The molecule has 1 rings (SSSR count). The first-order valence-electron chi connectivity index (χ1n) is 9.15. The van der Waals surface area contributed by atoms with Crippen molar-refractivity contribution in [2.45, 2.75) is 84.6 Å². The van der Waals surface area contributed by atoms with Crippen LogP contribution in [0.5, 0.6) is 0 Å². The molecule has 1 atom stereocenters. The van der Waals surface area contributed by atoms with Crippen molar-refractivity contribution in [2.24, 2.45) is 23.5 Å². The lowest BCUT2D eigenvalue weighted by Gasteiger charge is -2.28. The molecule has 1 fully saturated rings. The summed E-state index contributed by atoms with van der Waals surface area (Å²) in [5.41, 5.74) is 6.18. The second kappa shape index (κ2) is 10.2. The number of rotatable bonds is 9. The molecule has 1 saturated carbocycles. The van der Waals surface area contributed by atoms with E-state index in [2.05, 4.69) is 26.1 Å². The highest BCUT2D eigenvalue weighted by Gasteiger charge is 2.26. The van der Waals surface area contributed by atoms with Crippen molar-refractivity contribution in [3.8, 4) is 0 Å². The Labute approximate surface area is 131 Å². The van der Waals surface area contributed by atoms with Gasteiger partial charge in [-0.2, -0.15) is 0 Å². The lowest BCUT2D eigenvalue weighted by Crippen LogP contribution is -2.44. The van der Waals surface area contributed by atoms with Gasteiger partial charge in [0.2, 0.25) is 5.91 Å². The van der Waals surface area contributed by atoms with E-state index in [-0.39, 0.29) is 17.9 Å². The maximum absolute atomic E-state index is 12.3. The molecular formula is C18H36N2O. The largest absolute Gasteiger partial charge is 0.354 e. The highest BCUT2D eigenvalue weighted by atomic mass is 16.1. The third kappa shape index (κ3) is 6.37. The second-order valence-electron chi connectivity index (χ2n) is 6.85. The molecule has 0 heterocycles. The fourth-order valence-corrected chi connectivity index (χ4v) is 3.63. The number of unbranched alkanes of at least 4 members (excludes halogenated alkanes) is 1. The average Bonchev–Trinajstić information content (AvgIpc) is 2.52. The summed E-state index contributed by atoms with van der Waals surface area (Å²) < 4.78 is 0. The van der Waals surface area contributed by atoms with Gasteiger partial charge in [0.25, 0.3) is 0 Å². The van der Waals surface area contributed by atoms with Crippen LogP contribution in [0.2, 0.25) is 0 Å². The summed E-state index contributed by atoms with van der Waals surface area (Å²) in [7, 11) is 0. The summed E-state index contributed by atoms with van der Waals surface area (Å²) >= 11 is 0. The van der Waals surface area contributed by atoms with E-state index in [1.54, 1.807) is 0 Å². The Balaban J connectivity index is 2.24. The molecule has 0 aromatic carbocycles. The van der Waals surface area contributed by atoms with Gasteiger partial charge in [-0.15, -0.1) is 0 Å². The molecule has 3 N–H and O–H groups in total. The van der Waals surface area contributed by atoms with Crippen LogP contribution in [0.3, 0.4) is 0 Å². The van der Waals surface area contributed by atoms with Gasteiger partial charge in [-0.1, -0.05) is 52.9 Å². The summed E-state index contributed by atoms with van der Waals surface area (Å²) in [6.45, 7) is 7.24. The molecule has 124 valence electrons. The van der Waals surface area contributed by atoms with Gasteiger partial charge in [-0.05, 0) is 37.5 Å². The van der Waals surface area contributed by atoms with E-state index in [1.165, 1.54) is 32.1 Å². The fourth-order valence-electron chi connectivity index (χ4n) is 3.63. The summed E-state index contributed by atoms with van der Waals surface area (Å²) in [6.07, 6.45) is 10.8. The van der Waals surface area contributed by atoms with E-state index in [9.17, 15) is 4.79 Å². The van der Waals surface area contributed by atoms with Gasteiger partial charge in [-0.25, -0.2) is 0 Å². The number of nitrogens with two attached hydrogens (primary N) is 1. The van der Waals surface area contributed by atoms with Gasteiger partial charge in [0.05, 0.1) is 0 Å². The molecule has 1 unspecified atom stereocenters. The van der Waals surface area contributed by atoms with E-state index in [4.69, 9.17) is 5.73 Å². The normalized spacial score (nSPS) is 24.0. The topological polar surface area (TPSA) is 55.1 Å². The highest BCUT2D eigenvalue weighted by Crippen LogP contribution is 2.31. The van der Waals surface area contributed by atoms with Crippen LogP contribution in [0.4, 0.5) is 0 Å². The molecule has 0 spiro atoms. The first kappa shape index (κ1) is 18.5. The van der Waals surface area contributed by atoms with Gasteiger partial charge in [0.15, 0.2) is 0 Å². The molecule has 3 nitrogen and oxygen atoms in total. The van der Waals surface area contributed by atoms with Crippen molar-refractivity contribution in [1.29, 1.82) is 0 Å². The molecule has 0 saturated heterocycles. The number of carbonyl (C=O) groups is 1. The van der Waals surface area contributed by atoms with Crippen molar-refractivity contribution in [2.75, 3.05) is 6.54 Å². The Morgan fingerprint density at radius 3 is 2.29 bits per heavy atom. The van der Waals surface area contributed by atoms with Crippen LogP contribution in [0.25, 0.3) is 0 Å². The number of nitrogens with one attached hydrogen (secondary N) is 1. The standard InChI is InChI=1S/C18H36N2O/c1-4-7-8-14-9-11-16(12-10-14)18(21)20-13-17(19)15(5-2)6-3/h14-17H,4-13,19H2,1-3H3,(H,20,21). The van der Waals surface area contributed by atoms with Crippen LogP contribution >= 0.6 is 0 Å². The van der Waals surface area contributed by atoms with Crippen LogP contribution < -0.4 is 11.1 Å². The minimum atomic E-state index is 0.102. The number of amides is 1. The van der Waals surface area contributed by atoms with E-state index in [0.717, 1.165) is 31.6 Å². The molecule has 0 radical (unpaired) electrons. The summed E-state index contributed by atoms with van der Waals surface area (Å²) in [4.78, 5) is 12.3. The SMILES string of the molecule is CCCCC1CCC(C(=O)NCC(N)C(CC)CC)CC1. The Kier molecular flexibility index (Phi) is 8.98. The molecule has 0 aromatic heterocycles. The van der Waals surface area contributed by atoms with Crippen LogP contribution in [0.15, 0.2) is 0 Å². The zero-order chi connectivity index (χ0) is 15.7. The zero-order valence-corrected chi connectivity index (χ0v) is 14.4. The van der Waals surface area contributed by atoms with Gasteiger partial charge in [0.1, 0.15) is 0 Å². The molecule has 0 aromatic rings. The van der Waals surface area contributed by atoms with Gasteiger partial charge < -0.3 is 11.1 Å². The highest BCUT2D eigenvalue weighted by molar-refractivity contribution is 5.78. The molecular weight excluding hydrogens is 260 g/mol. The fraction of sp³-hybridized carbons (Fsp3) is 0.944. The van der Waals surface area contributed by atoms with Gasteiger partial charge >= 0.3 is 0 Å². The number of carbonyl (C=O) groups excluding carboxylic acids is 1. The zero-order valence-electron chi connectivity index (χ0n) is 14.4. The quantitative estimate of drug-likeness (QED) is 0.679. The van der Waals surface area contributed by atoms with E-state index >= 15 is 0 Å². The maximum atomic E-state index is 12.3. The Morgan fingerprint density at radius 2 is 1.76 bits per heavy atom. The molecule has 1 amide bonds. The second-order valence-corrected chi connectivity index (χ2v) is 6.85. The van der Waals surface area contributed by atoms with E-state index < -0.39 is 0 Å². The van der Waals surface area contributed by atoms with Crippen LogP contribution in [0, 0.1) is 17.8 Å². The molecule has 1 aliphatic carbocycles. The molecule has 0 aliphatic heterocycles. The predicted molar refractivity (Wildman–Crippen MR) is 90.0 cm³/mol. The summed E-state index contributed by atoms with van der Waals surface area (Å²) in [5, 5.41) is 3.10. The Bertz CT molecular complexity index is 281. The third-order valence-electron chi connectivity index (χ3n) is 5.35. The predicted octanol–water partition coefficient (Wildman–Crippen LogP) is 3.86. The van der Waals surface area contributed by atoms with E-state index in [0.29, 0.717) is 12.5 Å². The van der Waals surface area contributed by atoms with Crippen molar-refractivity contribution >= 4 is 5.91 Å². The lowest BCUT2D eigenvalue weighted by molar-refractivity contribution is -0.126. The monoisotopic (exact) mass is 296 g/mol. The summed E-state index contributed by atoms with van der Waals surface area (Å²) in [5.74, 6) is 1.86. The van der Waals surface area contributed by atoms with Crippen molar-refractivity contribution in [1.82, 2.24) is 5.32 Å². The summed E-state index contributed by atoms with van der Waals surface area (Å²) in [6, 6.07) is 0.102.